The second-order valence-corrected chi connectivity index (χ2v) is 6.74. The fraction of sp³-hybridized carbons (Fsp3) is 0.500. The summed E-state index contributed by atoms with van der Waals surface area (Å²) in [4.78, 5) is 21.4. The highest BCUT2D eigenvalue weighted by Gasteiger charge is 2.30. The van der Waals surface area contributed by atoms with Gasteiger partial charge in [0.2, 0.25) is 5.91 Å². The van der Waals surface area contributed by atoms with Gasteiger partial charge >= 0.3 is 0 Å². The highest BCUT2D eigenvalue weighted by molar-refractivity contribution is 5.79. The van der Waals surface area contributed by atoms with Crippen molar-refractivity contribution in [1.82, 2.24) is 25.0 Å². The molecule has 2 heterocycles. The Labute approximate surface area is 141 Å². The van der Waals surface area contributed by atoms with Gasteiger partial charge in [0.1, 0.15) is 12.2 Å². The van der Waals surface area contributed by atoms with Gasteiger partial charge in [-0.3, -0.25) is 14.8 Å². The molecule has 24 heavy (non-hydrogen) atoms. The normalized spacial score (nSPS) is 21.5. The minimum absolute atomic E-state index is 0.153. The third-order valence-corrected chi connectivity index (χ3v) is 5.22. The van der Waals surface area contributed by atoms with Gasteiger partial charge in [0.05, 0.1) is 6.54 Å². The van der Waals surface area contributed by atoms with Crippen LogP contribution >= 0.6 is 0 Å². The summed E-state index contributed by atoms with van der Waals surface area (Å²) < 4.78 is 0. The van der Waals surface area contributed by atoms with E-state index in [0.717, 1.165) is 57.8 Å². The number of fused-ring (bicyclic) bond motifs is 1. The Morgan fingerprint density at radius 1 is 1.17 bits per heavy atom. The van der Waals surface area contributed by atoms with Crippen LogP contribution in [0.15, 0.2) is 30.6 Å². The van der Waals surface area contributed by atoms with Crippen molar-refractivity contribution in [3.63, 3.8) is 0 Å². The molecule has 126 valence electrons. The predicted octanol–water partition coefficient (Wildman–Crippen LogP) is 1.25. The van der Waals surface area contributed by atoms with E-state index in [1.807, 2.05) is 0 Å². The number of nitrogens with one attached hydrogen (secondary N) is 1. The molecular weight excluding hydrogens is 302 g/mol. The van der Waals surface area contributed by atoms with E-state index in [4.69, 9.17) is 0 Å². The number of piperazine rings is 1. The van der Waals surface area contributed by atoms with Gasteiger partial charge in [-0.2, -0.15) is 5.10 Å². The molecule has 1 aliphatic heterocycles. The van der Waals surface area contributed by atoms with Crippen molar-refractivity contribution >= 4 is 5.91 Å². The molecule has 1 amide bonds. The van der Waals surface area contributed by atoms with Crippen molar-refractivity contribution in [2.75, 3.05) is 26.2 Å². The molecule has 0 bridgehead atoms. The number of aromatic amines is 1. The molecular formula is C18H23N5O. The van der Waals surface area contributed by atoms with Crippen LogP contribution in [-0.4, -0.2) is 57.1 Å². The lowest BCUT2D eigenvalue weighted by atomic mass is 9.83. The van der Waals surface area contributed by atoms with Crippen molar-refractivity contribution in [3.8, 4) is 0 Å². The van der Waals surface area contributed by atoms with E-state index in [9.17, 15) is 4.79 Å². The number of rotatable bonds is 3. The first kappa shape index (κ1) is 15.3. The van der Waals surface area contributed by atoms with Crippen LogP contribution in [0, 0.1) is 5.92 Å². The van der Waals surface area contributed by atoms with Crippen molar-refractivity contribution in [3.05, 3.63) is 47.5 Å². The van der Waals surface area contributed by atoms with Gasteiger partial charge in [-0.25, -0.2) is 4.98 Å². The maximum absolute atomic E-state index is 12.9. The summed E-state index contributed by atoms with van der Waals surface area (Å²) in [6.07, 6.45) is 4.44. The van der Waals surface area contributed by atoms with E-state index in [-0.39, 0.29) is 5.92 Å². The topological polar surface area (TPSA) is 65.1 Å². The zero-order chi connectivity index (χ0) is 16.4. The van der Waals surface area contributed by atoms with Crippen LogP contribution in [-0.2, 0) is 24.2 Å². The number of H-pyrrole nitrogens is 1. The SMILES string of the molecule is O=C(C1CCc2ccccc2C1)N1CCN(Cc2ncn[nH]2)CC1. The summed E-state index contributed by atoms with van der Waals surface area (Å²) in [5.74, 6) is 1.38. The molecule has 2 aliphatic rings. The van der Waals surface area contributed by atoms with Gasteiger partial charge in [0, 0.05) is 32.1 Å². The summed E-state index contributed by atoms with van der Waals surface area (Å²) in [5, 5.41) is 6.78. The quantitative estimate of drug-likeness (QED) is 0.922. The summed E-state index contributed by atoms with van der Waals surface area (Å²) >= 11 is 0. The zero-order valence-electron chi connectivity index (χ0n) is 13.8. The number of hydrogen-bond acceptors (Lipinski definition) is 4. The number of carbonyl (C=O) groups excluding carboxylic acids is 1. The Bertz CT molecular complexity index is 691. The number of benzene rings is 1. The number of carbonyl (C=O) groups is 1. The van der Waals surface area contributed by atoms with E-state index >= 15 is 0 Å². The molecule has 0 spiro atoms. The first-order valence-corrected chi connectivity index (χ1v) is 8.72. The first-order valence-electron chi connectivity index (χ1n) is 8.72. The minimum atomic E-state index is 0.153. The molecule has 1 fully saturated rings. The molecule has 6 heteroatoms. The average molecular weight is 325 g/mol. The lowest BCUT2D eigenvalue weighted by Crippen LogP contribution is -2.50. The monoisotopic (exact) mass is 325 g/mol. The van der Waals surface area contributed by atoms with Crippen molar-refractivity contribution < 1.29 is 4.79 Å². The van der Waals surface area contributed by atoms with Crippen LogP contribution in [0.1, 0.15) is 23.4 Å². The standard InChI is InChI=1S/C18H23N5O/c24-18(16-6-5-14-3-1-2-4-15(14)11-16)23-9-7-22(8-10-23)12-17-19-13-20-21-17/h1-4,13,16H,5-12H2,(H,19,20,21). The zero-order valence-corrected chi connectivity index (χ0v) is 13.8. The van der Waals surface area contributed by atoms with Gasteiger partial charge < -0.3 is 4.90 Å². The molecule has 1 unspecified atom stereocenters. The predicted molar refractivity (Wildman–Crippen MR) is 90.2 cm³/mol. The van der Waals surface area contributed by atoms with Crippen LogP contribution in [0.3, 0.4) is 0 Å². The number of aromatic nitrogens is 3. The Balaban J connectivity index is 1.32. The smallest absolute Gasteiger partial charge is 0.226 e. The van der Waals surface area contributed by atoms with Crippen LogP contribution in [0.5, 0.6) is 0 Å². The van der Waals surface area contributed by atoms with E-state index < -0.39 is 0 Å². The summed E-state index contributed by atoms with van der Waals surface area (Å²) in [7, 11) is 0. The minimum Gasteiger partial charge on any atom is -0.340 e. The molecule has 1 N–H and O–H groups in total. The number of amides is 1. The third kappa shape index (κ3) is 3.19. The van der Waals surface area contributed by atoms with E-state index in [1.54, 1.807) is 0 Å². The van der Waals surface area contributed by atoms with Crippen molar-refractivity contribution in [2.24, 2.45) is 5.92 Å². The first-order chi connectivity index (χ1) is 11.8. The fourth-order valence-corrected chi connectivity index (χ4v) is 3.81. The maximum atomic E-state index is 12.9. The van der Waals surface area contributed by atoms with Crippen LogP contribution in [0.4, 0.5) is 0 Å². The molecule has 6 nitrogen and oxygen atoms in total. The van der Waals surface area contributed by atoms with Crippen molar-refractivity contribution in [2.45, 2.75) is 25.8 Å². The molecule has 1 atom stereocenters. The lowest BCUT2D eigenvalue weighted by molar-refractivity contribution is -0.137. The maximum Gasteiger partial charge on any atom is 0.226 e. The van der Waals surface area contributed by atoms with Gasteiger partial charge in [-0.1, -0.05) is 24.3 Å². The Morgan fingerprint density at radius 2 is 1.96 bits per heavy atom. The van der Waals surface area contributed by atoms with E-state index in [0.29, 0.717) is 5.91 Å². The lowest BCUT2D eigenvalue weighted by Gasteiger charge is -2.37. The summed E-state index contributed by atoms with van der Waals surface area (Å²) in [6, 6.07) is 8.53. The molecule has 1 aromatic heterocycles. The second kappa shape index (κ2) is 6.73. The number of aryl methyl sites for hydroxylation is 1. The van der Waals surface area contributed by atoms with Crippen LogP contribution in [0.25, 0.3) is 0 Å². The van der Waals surface area contributed by atoms with Gasteiger partial charge in [0.15, 0.2) is 0 Å². The van der Waals surface area contributed by atoms with E-state index in [2.05, 4.69) is 49.2 Å². The highest BCUT2D eigenvalue weighted by atomic mass is 16.2. The van der Waals surface area contributed by atoms with Crippen LogP contribution in [0.2, 0.25) is 0 Å². The summed E-state index contributed by atoms with van der Waals surface area (Å²) in [5.41, 5.74) is 2.77. The third-order valence-electron chi connectivity index (χ3n) is 5.22. The number of nitrogens with zero attached hydrogens (tertiary/aromatic N) is 4. The Morgan fingerprint density at radius 3 is 2.71 bits per heavy atom. The van der Waals surface area contributed by atoms with Gasteiger partial charge in [0.25, 0.3) is 0 Å². The highest BCUT2D eigenvalue weighted by Crippen LogP contribution is 2.27. The van der Waals surface area contributed by atoms with Gasteiger partial charge in [-0.05, 0) is 30.4 Å². The van der Waals surface area contributed by atoms with Crippen molar-refractivity contribution in [1.29, 1.82) is 0 Å². The number of hydrogen-bond donors (Lipinski definition) is 1. The molecule has 0 radical (unpaired) electrons. The second-order valence-electron chi connectivity index (χ2n) is 6.74. The van der Waals surface area contributed by atoms with Gasteiger partial charge in [-0.15, -0.1) is 0 Å². The molecule has 2 aromatic rings. The Kier molecular flexibility index (Phi) is 4.30. The molecule has 1 saturated heterocycles. The Hall–Kier alpha value is -2.21. The average Bonchev–Trinajstić information content (AvgIpc) is 3.14. The molecule has 1 aliphatic carbocycles. The summed E-state index contributed by atoms with van der Waals surface area (Å²) in [6.45, 7) is 4.20. The molecule has 4 rings (SSSR count). The molecule has 0 saturated carbocycles. The van der Waals surface area contributed by atoms with Crippen LogP contribution < -0.4 is 0 Å². The molecule has 1 aromatic carbocycles. The van der Waals surface area contributed by atoms with E-state index in [1.165, 1.54) is 17.5 Å². The largest absolute Gasteiger partial charge is 0.340 e. The fourth-order valence-electron chi connectivity index (χ4n) is 3.81.